The summed E-state index contributed by atoms with van der Waals surface area (Å²) in [6.07, 6.45) is -0.988. The number of anilines is 1. The van der Waals surface area contributed by atoms with Crippen LogP contribution < -0.4 is 4.90 Å². The Hall–Kier alpha value is -1.14. The molecule has 1 amide bonds. The molecule has 1 aromatic heterocycles. The number of nitrogens with zero attached hydrogens (tertiary/aromatic N) is 2. The highest BCUT2D eigenvalue weighted by Crippen LogP contribution is 2.35. The number of carboxylic acid groups (broad SMARTS) is 1. The fourth-order valence-corrected chi connectivity index (χ4v) is 3.42. The number of hydrogen-bond acceptors (Lipinski definition) is 3. The molecular weight excluding hydrogens is 316 g/mol. The Morgan fingerprint density at radius 1 is 1.44 bits per heavy atom. The van der Waals surface area contributed by atoms with Crippen LogP contribution in [0.5, 0.6) is 0 Å². The molecule has 1 aromatic carbocycles. The van der Waals surface area contributed by atoms with Gasteiger partial charge in [-0.15, -0.1) is 0 Å². The van der Waals surface area contributed by atoms with E-state index in [1.807, 2.05) is 39.0 Å². The Morgan fingerprint density at radius 2 is 2.11 bits per heavy atom. The van der Waals surface area contributed by atoms with Crippen molar-refractivity contribution in [2.45, 2.75) is 26.3 Å². The standard InChI is InChI=1S/C12H13BrN2O2S/c1-12(2,3)15(11(16)17)10-14-9-7(13)5-4-6-8(9)18-10/h4-6H,1-3H3,(H,16,17). The predicted octanol–water partition coefficient (Wildman–Crippen LogP) is 4.34. The number of aromatic nitrogens is 1. The lowest BCUT2D eigenvalue weighted by molar-refractivity contribution is 0.195. The van der Waals surface area contributed by atoms with E-state index in [9.17, 15) is 9.90 Å². The number of rotatable bonds is 1. The highest BCUT2D eigenvalue weighted by molar-refractivity contribution is 9.10. The van der Waals surface area contributed by atoms with E-state index in [1.165, 1.54) is 16.2 Å². The Labute approximate surface area is 117 Å². The van der Waals surface area contributed by atoms with Crippen molar-refractivity contribution in [2.75, 3.05) is 4.90 Å². The van der Waals surface area contributed by atoms with Gasteiger partial charge in [0.05, 0.1) is 10.2 Å². The number of benzene rings is 1. The van der Waals surface area contributed by atoms with Crippen molar-refractivity contribution in [3.63, 3.8) is 0 Å². The molecule has 0 saturated heterocycles. The number of para-hydroxylation sites is 1. The summed E-state index contributed by atoms with van der Waals surface area (Å²) in [6, 6.07) is 5.74. The summed E-state index contributed by atoms with van der Waals surface area (Å²) >= 11 is 4.80. The summed E-state index contributed by atoms with van der Waals surface area (Å²) in [5, 5.41) is 9.83. The van der Waals surface area contributed by atoms with E-state index in [4.69, 9.17) is 0 Å². The van der Waals surface area contributed by atoms with Crippen molar-refractivity contribution in [3.8, 4) is 0 Å². The maximum absolute atomic E-state index is 11.4. The average molecular weight is 329 g/mol. The molecule has 2 aromatic rings. The zero-order valence-corrected chi connectivity index (χ0v) is 12.7. The predicted molar refractivity (Wildman–Crippen MR) is 77.6 cm³/mol. The van der Waals surface area contributed by atoms with Crippen molar-refractivity contribution in [2.24, 2.45) is 0 Å². The molecule has 1 N–H and O–H groups in total. The minimum absolute atomic E-state index is 0.497. The quantitative estimate of drug-likeness (QED) is 0.847. The zero-order valence-electron chi connectivity index (χ0n) is 10.3. The summed E-state index contributed by atoms with van der Waals surface area (Å²) in [4.78, 5) is 17.1. The third-order valence-electron chi connectivity index (χ3n) is 2.41. The highest BCUT2D eigenvalue weighted by Gasteiger charge is 2.30. The first-order chi connectivity index (χ1) is 8.30. The number of fused-ring (bicyclic) bond motifs is 1. The van der Waals surface area contributed by atoms with Gasteiger partial charge in [0.15, 0.2) is 5.13 Å². The van der Waals surface area contributed by atoms with E-state index >= 15 is 0 Å². The second-order valence-corrected chi connectivity index (χ2v) is 6.74. The lowest BCUT2D eigenvalue weighted by atomic mass is 10.1. The van der Waals surface area contributed by atoms with Gasteiger partial charge in [0.25, 0.3) is 0 Å². The van der Waals surface area contributed by atoms with E-state index in [-0.39, 0.29) is 0 Å². The molecule has 0 atom stereocenters. The van der Waals surface area contributed by atoms with Gasteiger partial charge in [0.2, 0.25) is 0 Å². The van der Waals surface area contributed by atoms with Gasteiger partial charge < -0.3 is 5.11 Å². The molecule has 2 rings (SSSR count). The van der Waals surface area contributed by atoms with Gasteiger partial charge in [-0.2, -0.15) is 0 Å². The molecule has 0 saturated carbocycles. The summed E-state index contributed by atoms with van der Waals surface area (Å²) in [7, 11) is 0. The molecule has 96 valence electrons. The molecule has 0 fully saturated rings. The number of amides is 1. The second-order valence-electron chi connectivity index (χ2n) is 4.87. The van der Waals surface area contributed by atoms with Crippen LogP contribution in [0.3, 0.4) is 0 Å². The Kier molecular flexibility index (Phi) is 3.33. The third kappa shape index (κ3) is 2.35. The topological polar surface area (TPSA) is 53.4 Å². The molecular formula is C12H13BrN2O2S. The van der Waals surface area contributed by atoms with Crippen molar-refractivity contribution < 1.29 is 9.90 Å². The number of carbonyl (C=O) groups is 1. The Morgan fingerprint density at radius 3 is 2.61 bits per heavy atom. The van der Waals surface area contributed by atoms with Gasteiger partial charge in [-0.05, 0) is 48.8 Å². The van der Waals surface area contributed by atoms with E-state index in [1.54, 1.807) is 0 Å². The first-order valence-corrected chi connectivity index (χ1v) is 7.00. The van der Waals surface area contributed by atoms with Crippen molar-refractivity contribution in [1.82, 2.24) is 4.98 Å². The fourth-order valence-electron chi connectivity index (χ4n) is 1.65. The lowest BCUT2D eigenvalue weighted by Crippen LogP contribution is -2.45. The van der Waals surface area contributed by atoms with Crippen LogP contribution in [0.4, 0.5) is 9.93 Å². The minimum Gasteiger partial charge on any atom is -0.465 e. The number of thiazole rings is 1. The first kappa shape index (κ1) is 13.3. The van der Waals surface area contributed by atoms with E-state index in [0.29, 0.717) is 5.13 Å². The molecule has 0 unspecified atom stereocenters. The molecule has 0 bridgehead atoms. The van der Waals surface area contributed by atoms with Crippen molar-refractivity contribution >= 4 is 48.7 Å². The van der Waals surface area contributed by atoms with Crippen molar-refractivity contribution in [3.05, 3.63) is 22.7 Å². The van der Waals surface area contributed by atoms with Gasteiger partial charge in [-0.1, -0.05) is 17.4 Å². The Bertz CT molecular complexity index is 604. The zero-order chi connectivity index (χ0) is 13.5. The van der Waals surface area contributed by atoms with Crippen LogP contribution >= 0.6 is 27.3 Å². The average Bonchev–Trinajstić information content (AvgIpc) is 2.59. The van der Waals surface area contributed by atoms with Gasteiger partial charge in [0, 0.05) is 10.0 Å². The summed E-state index contributed by atoms with van der Waals surface area (Å²) in [6.45, 7) is 5.55. The van der Waals surface area contributed by atoms with Crippen LogP contribution in [0.1, 0.15) is 20.8 Å². The summed E-state index contributed by atoms with van der Waals surface area (Å²) < 4.78 is 1.84. The van der Waals surface area contributed by atoms with Crippen LogP contribution in [0.2, 0.25) is 0 Å². The van der Waals surface area contributed by atoms with Crippen LogP contribution in [-0.4, -0.2) is 21.7 Å². The molecule has 18 heavy (non-hydrogen) atoms. The van der Waals surface area contributed by atoms with Gasteiger partial charge in [-0.3, -0.25) is 0 Å². The molecule has 0 aliphatic carbocycles. The molecule has 6 heteroatoms. The summed E-state index contributed by atoms with van der Waals surface area (Å²) in [5.74, 6) is 0. The molecule has 1 heterocycles. The monoisotopic (exact) mass is 328 g/mol. The number of halogens is 1. The largest absolute Gasteiger partial charge is 0.465 e. The lowest BCUT2D eigenvalue weighted by Gasteiger charge is -2.30. The molecule has 0 aliphatic heterocycles. The highest BCUT2D eigenvalue weighted by atomic mass is 79.9. The summed E-state index contributed by atoms with van der Waals surface area (Å²) in [5.41, 5.74) is 0.277. The first-order valence-electron chi connectivity index (χ1n) is 5.39. The van der Waals surface area contributed by atoms with E-state index < -0.39 is 11.6 Å². The molecule has 4 nitrogen and oxygen atoms in total. The molecule has 0 aliphatic rings. The minimum atomic E-state index is -0.988. The third-order valence-corrected chi connectivity index (χ3v) is 4.06. The number of hydrogen-bond donors (Lipinski definition) is 1. The van der Waals surface area contributed by atoms with Gasteiger partial charge >= 0.3 is 6.09 Å². The van der Waals surface area contributed by atoms with Crippen LogP contribution in [0.25, 0.3) is 10.2 Å². The van der Waals surface area contributed by atoms with Crippen LogP contribution in [0.15, 0.2) is 22.7 Å². The van der Waals surface area contributed by atoms with E-state index in [0.717, 1.165) is 14.7 Å². The smallest absolute Gasteiger partial charge is 0.414 e. The van der Waals surface area contributed by atoms with Crippen molar-refractivity contribution in [1.29, 1.82) is 0 Å². The maximum atomic E-state index is 11.4. The van der Waals surface area contributed by atoms with Crippen LogP contribution in [0, 0.1) is 0 Å². The van der Waals surface area contributed by atoms with E-state index in [2.05, 4.69) is 20.9 Å². The second kappa shape index (κ2) is 4.51. The SMILES string of the molecule is CC(C)(C)N(C(=O)O)c1nc2c(Br)cccc2s1. The molecule has 0 spiro atoms. The molecule has 0 radical (unpaired) electrons. The van der Waals surface area contributed by atoms with Gasteiger partial charge in [-0.25, -0.2) is 14.7 Å². The Balaban J connectivity index is 2.59. The normalized spacial score (nSPS) is 11.8. The maximum Gasteiger partial charge on any atom is 0.414 e. The van der Waals surface area contributed by atoms with Crippen LogP contribution in [-0.2, 0) is 0 Å². The fraction of sp³-hybridized carbons (Fsp3) is 0.333. The van der Waals surface area contributed by atoms with Gasteiger partial charge in [0.1, 0.15) is 0 Å².